The predicted molar refractivity (Wildman–Crippen MR) is 152 cm³/mol. The second kappa shape index (κ2) is 13.9. The highest BCUT2D eigenvalue weighted by atomic mass is 32.1. The fraction of sp³-hybridized carbons (Fsp3) is 0.533. The summed E-state index contributed by atoms with van der Waals surface area (Å²) >= 11 is 1.36. The van der Waals surface area contributed by atoms with Crippen molar-refractivity contribution in [2.75, 3.05) is 11.9 Å². The van der Waals surface area contributed by atoms with Gasteiger partial charge in [0, 0.05) is 23.7 Å². The van der Waals surface area contributed by atoms with Crippen LogP contribution in [-0.2, 0) is 16.1 Å². The van der Waals surface area contributed by atoms with Gasteiger partial charge < -0.3 is 15.4 Å². The maximum atomic E-state index is 13.2. The summed E-state index contributed by atoms with van der Waals surface area (Å²) in [7, 11) is 0. The number of amides is 1. The number of carbonyl (C=O) groups is 2. The fourth-order valence-corrected chi connectivity index (χ4v) is 6.59. The van der Waals surface area contributed by atoms with Crippen LogP contribution in [0.1, 0.15) is 90.4 Å². The fourth-order valence-electron chi connectivity index (χ4n) is 5.50. The highest BCUT2D eigenvalue weighted by molar-refractivity contribution is 7.15. The maximum Gasteiger partial charge on any atom is 0.323 e. The van der Waals surface area contributed by atoms with Gasteiger partial charge in [-0.1, -0.05) is 37.0 Å². The number of hydrogen-bond acceptors (Lipinski definition) is 7. The Balaban J connectivity index is 1.34. The molecule has 1 amide bonds. The molecule has 0 bridgehead atoms. The van der Waals surface area contributed by atoms with E-state index >= 15 is 0 Å². The summed E-state index contributed by atoms with van der Waals surface area (Å²) in [6, 6.07) is 9.83. The molecule has 2 aliphatic rings. The number of hydrogen-bond donors (Lipinski definition) is 4. The summed E-state index contributed by atoms with van der Waals surface area (Å²) in [5.41, 5.74) is 5.96. The predicted octanol–water partition coefficient (Wildman–Crippen LogP) is 6.22. The molecule has 4 N–H and O–H groups in total. The first kappa shape index (κ1) is 28.3. The van der Waals surface area contributed by atoms with Gasteiger partial charge in [0.05, 0.1) is 4.88 Å². The van der Waals surface area contributed by atoms with Crippen molar-refractivity contribution < 1.29 is 19.5 Å². The second-order valence-corrected chi connectivity index (χ2v) is 11.8. The Morgan fingerprint density at radius 3 is 2.58 bits per heavy atom. The molecule has 1 atom stereocenters. The van der Waals surface area contributed by atoms with Gasteiger partial charge in [0.15, 0.2) is 0 Å². The number of esters is 1. The number of benzene rings is 1. The van der Waals surface area contributed by atoms with Gasteiger partial charge in [-0.05, 0) is 93.7 Å². The molecule has 0 spiro atoms. The summed E-state index contributed by atoms with van der Waals surface area (Å²) in [4.78, 5) is 26.3. The second-order valence-electron chi connectivity index (χ2n) is 10.7. The molecule has 2 saturated carbocycles. The molecule has 0 radical (unpaired) electrons. The third kappa shape index (κ3) is 7.91. The molecular formula is C30H41N3O4S. The van der Waals surface area contributed by atoms with Crippen molar-refractivity contribution >= 4 is 35.0 Å². The van der Waals surface area contributed by atoms with E-state index in [1.54, 1.807) is 11.5 Å². The summed E-state index contributed by atoms with van der Waals surface area (Å²) < 4.78 is 5.93. The summed E-state index contributed by atoms with van der Waals surface area (Å²) in [5, 5.41) is 15.9. The van der Waals surface area contributed by atoms with Crippen molar-refractivity contribution in [1.82, 2.24) is 10.8 Å². The first-order chi connectivity index (χ1) is 18.4. The largest absolute Gasteiger partial charge is 0.461 e. The monoisotopic (exact) mass is 539 g/mol. The number of rotatable bonds is 11. The molecule has 1 aromatic heterocycles. The van der Waals surface area contributed by atoms with E-state index in [0.717, 1.165) is 65.8 Å². The lowest BCUT2D eigenvalue weighted by atomic mass is 9.83. The van der Waals surface area contributed by atoms with Crippen LogP contribution in [-0.4, -0.2) is 35.8 Å². The molecule has 0 unspecified atom stereocenters. The molecular weight excluding hydrogens is 498 g/mol. The van der Waals surface area contributed by atoms with Crippen LogP contribution in [0.3, 0.4) is 0 Å². The van der Waals surface area contributed by atoms with Gasteiger partial charge >= 0.3 is 5.97 Å². The van der Waals surface area contributed by atoms with E-state index in [4.69, 9.17) is 9.94 Å². The van der Waals surface area contributed by atoms with Gasteiger partial charge in [0.2, 0.25) is 0 Å². The van der Waals surface area contributed by atoms with E-state index in [-0.39, 0.29) is 18.1 Å². The SMILES string of the molecule is C/C(=C\c1sc(C(=O)NO)cc1C)CNc1cccc(CN[C@H](C(=O)OC2CCCC2)C2CCCCC2)c1. The molecule has 0 aliphatic heterocycles. The maximum absolute atomic E-state index is 13.2. The number of aryl methyl sites for hydroxylation is 1. The molecule has 0 saturated heterocycles. The highest BCUT2D eigenvalue weighted by Gasteiger charge is 2.32. The van der Waals surface area contributed by atoms with Crippen LogP contribution in [0.2, 0.25) is 0 Å². The lowest BCUT2D eigenvalue weighted by Gasteiger charge is -2.30. The number of hydroxylamine groups is 1. The van der Waals surface area contributed by atoms with E-state index < -0.39 is 5.91 Å². The van der Waals surface area contributed by atoms with Crippen molar-refractivity contribution in [1.29, 1.82) is 0 Å². The quantitative estimate of drug-likeness (QED) is 0.154. The molecule has 1 heterocycles. The van der Waals surface area contributed by atoms with Gasteiger partial charge in [-0.2, -0.15) is 0 Å². The molecule has 206 valence electrons. The lowest BCUT2D eigenvalue weighted by Crippen LogP contribution is -2.45. The summed E-state index contributed by atoms with van der Waals surface area (Å²) in [6.45, 7) is 5.29. The molecule has 2 aromatic rings. The van der Waals surface area contributed by atoms with Gasteiger partial charge in [-0.25, -0.2) is 5.48 Å². The zero-order valence-electron chi connectivity index (χ0n) is 22.6. The Labute approximate surface area is 230 Å². The van der Waals surface area contributed by atoms with Crippen LogP contribution in [0, 0.1) is 12.8 Å². The van der Waals surface area contributed by atoms with Gasteiger partial charge in [0.1, 0.15) is 12.1 Å². The normalized spacial score (nSPS) is 17.8. The summed E-state index contributed by atoms with van der Waals surface area (Å²) in [6.07, 6.45) is 12.3. The highest BCUT2D eigenvalue weighted by Crippen LogP contribution is 2.29. The van der Waals surface area contributed by atoms with Crippen molar-refractivity contribution in [3.05, 3.63) is 56.8 Å². The van der Waals surface area contributed by atoms with Crippen molar-refractivity contribution in [2.24, 2.45) is 5.92 Å². The van der Waals surface area contributed by atoms with E-state index in [1.165, 1.54) is 30.6 Å². The molecule has 1 aromatic carbocycles. The minimum absolute atomic E-state index is 0.0673. The van der Waals surface area contributed by atoms with Crippen LogP contribution < -0.4 is 16.1 Å². The standard InChI is InChI=1S/C30H41N3O4S/c1-20(15-26-21(2)16-27(38-26)29(34)33-36)18-31-24-12-8-9-22(17-24)19-32-28(23-10-4-3-5-11-23)30(35)37-25-13-6-7-14-25/h8-9,12,15-17,23,25,28,31-32,36H,3-7,10-11,13-14,18-19H2,1-2H3,(H,33,34)/b20-15+/t28-/m0/s1. The van der Waals surface area contributed by atoms with Crippen molar-refractivity contribution in [2.45, 2.75) is 90.3 Å². The van der Waals surface area contributed by atoms with Crippen molar-refractivity contribution in [3.63, 3.8) is 0 Å². The number of carbonyl (C=O) groups excluding carboxylic acids is 2. The average molecular weight is 540 g/mol. The van der Waals surface area contributed by atoms with Crippen LogP contribution in [0.25, 0.3) is 6.08 Å². The van der Waals surface area contributed by atoms with Crippen LogP contribution in [0.5, 0.6) is 0 Å². The lowest BCUT2D eigenvalue weighted by molar-refractivity contribution is -0.153. The molecule has 2 aliphatic carbocycles. The number of thiophene rings is 1. The first-order valence-corrected chi connectivity index (χ1v) is 14.7. The Hall–Kier alpha value is -2.68. The third-order valence-corrected chi connectivity index (χ3v) is 8.83. The van der Waals surface area contributed by atoms with Crippen molar-refractivity contribution in [3.8, 4) is 0 Å². The molecule has 7 nitrogen and oxygen atoms in total. The molecule has 2 fully saturated rings. The Morgan fingerprint density at radius 2 is 1.84 bits per heavy atom. The number of ether oxygens (including phenoxy) is 1. The van der Waals surface area contributed by atoms with E-state index in [9.17, 15) is 9.59 Å². The Bertz CT molecular complexity index is 1120. The zero-order valence-corrected chi connectivity index (χ0v) is 23.4. The van der Waals surface area contributed by atoms with E-state index in [0.29, 0.717) is 23.9 Å². The van der Waals surface area contributed by atoms with Crippen LogP contribution >= 0.6 is 11.3 Å². The number of anilines is 1. The van der Waals surface area contributed by atoms with Gasteiger partial charge in [0.25, 0.3) is 5.91 Å². The number of nitrogens with one attached hydrogen (secondary N) is 3. The minimum atomic E-state index is -0.489. The van der Waals surface area contributed by atoms with E-state index in [1.807, 2.05) is 26.0 Å². The first-order valence-electron chi connectivity index (χ1n) is 13.9. The zero-order chi connectivity index (χ0) is 26.9. The van der Waals surface area contributed by atoms with Gasteiger partial charge in [-0.3, -0.25) is 14.8 Å². The molecule has 4 rings (SSSR count). The topological polar surface area (TPSA) is 99.7 Å². The molecule has 8 heteroatoms. The average Bonchev–Trinajstić information content (AvgIpc) is 3.57. The van der Waals surface area contributed by atoms with Crippen LogP contribution in [0.4, 0.5) is 5.69 Å². The summed E-state index contributed by atoms with van der Waals surface area (Å²) in [5.74, 6) is -0.213. The van der Waals surface area contributed by atoms with E-state index in [2.05, 4.69) is 28.8 Å². The Kier molecular flexibility index (Phi) is 10.4. The van der Waals surface area contributed by atoms with Gasteiger partial charge in [-0.15, -0.1) is 11.3 Å². The van der Waals surface area contributed by atoms with Crippen LogP contribution in [0.15, 0.2) is 35.9 Å². The minimum Gasteiger partial charge on any atom is -0.461 e. The molecule has 38 heavy (non-hydrogen) atoms. The third-order valence-electron chi connectivity index (χ3n) is 7.64. The Morgan fingerprint density at radius 1 is 1.11 bits per heavy atom. The smallest absolute Gasteiger partial charge is 0.323 e.